The van der Waals surface area contributed by atoms with Crippen LogP contribution in [0.5, 0.6) is 5.75 Å². The number of hydrogen-bond donors (Lipinski definition) is 0. The van der Waals surface area contributed by atoms with Gasteiger partial charge in [-0.2, -0.15) is 0 Å². The Morgan fingerprint density at radius 2 is 2.15 bits per heavy atom. The zero-order chi connectivity index (χ0) is 14.5. The predicted molar refractivity (Wildman–Crippen MR) is 81.5 cm³/mol. The molecule has 0 amide bonds. The van der Waals surface area contributed by atoms with Gasteiger partial charge in [-0.15, -0.1) is 11.6 Å². The van der Waals surface area contributed by atoms with Gasteiger partial charge < -0.3 is 14.0 Å². The van der Waals surface area contributed by atoms with Crippen molar-refractivity contribution in [3.8, 4) is 5.75 Å². The van der Waals surface area contributed by atoms with E-state index >= 15 is 0 Å². The topological polar surface area (TPSA) is 36.3 Å². The molecule has 0 aliphatic carbocycles. The Kier molecular flexibility index (Phi) is 5.26. The number of methoxy groups -OCH3 is 1. The number of aromatic nitrogens is 2. The maximum absolute atomic E-state index is 5.99. The molecule has 0 aliphatic heterocycles. The maximum Gasteiger partial charge on any atom is 0.124 e. The second kappa shape index (κ2) is 6.95. The summed E-state index contributed by atoms with van der Waals surface area (Å²) in [6.07, 6.45) is 0. The van der Waals surface area contributed by atoms with Crippen LogP contribution in [0.15, 0.2) is 18.2 Å². The third-order valence-corrected chi connectivity index (χ3v) is 3.30. The molecule has 0 saturated carbocycles. The molecule has 2 rings (SSSR count). The highest BCUT2D eigenvalue weighted by Gasteiger charge is 2.10. The summed E-state index contributed by atoms with van der Waals surface area (Å²) in [6, 6.07) is 5.88. The van der Waals surface area contributed by atoms with Crippen LogP contribution in [0.25, 0.3) is 11.0 Å². The molecule has 0 fully saturated rings. The Morgan fingerprint density at radius 1 is 1.35 bits per heavy atom. The fourth-order valence-electron chi connectivity index (χ4n) is 2.11. The largest absolute Gasteiger partial charge is 0.497 e. The number of rotatable bonds is 7. The highest BCUT2D eigenvalue weighted by atomic mass is 35.5. The SMILES string of the molecule is COc1ccc2c(c1)nc(CCl)n2CCOCC(C)C. The first-order valence-corrected chi connectivity index (χ1v) is 7.36. The van der Waals surface area contributed by atoms with Crippen molar-refractivity contribution in [1.29, 1.82) is 0 Å². The first-order valence-electron chi connectivity index (χ1n) is 6.82. The third kappa shape index (κ3) is 3.44. The van der Waals surface area contributed by atoms with E-state index in [4.69, 9.17) is 21.1 Å². The van der Waals surface area contributed by atoms with Gasteiger partial charge in [-0.05, 0) is 18.1 Å². The van der Waals surface area contributed by atoms with Crippen LogP contribution < -0.4 is 4.74 Å². The van der Waals surface area contributed by atoms with Crippen molar-refractivity contribution in [3.05, 3.63) is 24.0 Å². The molecule has 0 spiro atoms. The van der Waals surface area contributed by atoms with E-state index in [1.165, 1.54) is 0 Å². The second-order valence-corrected chi connectivity index (χ2v) is 5.40. The Balaban J connectivity index is 2.17. The van der Waals surface area contributed by atoms with Gasteiger partial charge in [0.1, 0.15) is 11.6 Å². The van der Waals surface area contributed by atoms with E-state index in [0.29, 0.717) is 18.4 Å². The summed E-state index contributed by atoms with van der Waals surface area (Å²) in [5, 5.41) is 0. The van der Waals surface area contributed by atoms with Crippen LogP contribution >= 0.6 is 11.6 Å². The fraction of sp³-hybridized carbons (Fsp3) is 0.533. The van der Waals surface area contributed by atoms with E-state index in [1.54, 1.807) is 7.11 Å². The summed E-state index contributed by atoms with van der Waals surface area (Å²) < 4.78 is 13.0. The molecule has 1 heterocycles. The van der Waals surface area contributed by atoms with Crippen LogP contribution in [-0.4, -0.2) is 29.9 Å². The number of alkyl halides is 1. The Morgan fingerprint density at radius 3 is 2.80 bits per heavy atom. The molecule has 1 aromatic heterocycles. The highest BCUT2D eigenvalue weighted by Crippen LogP contribution is 2.22. The van der Waals surface area contributed by atoms with Gasteiger partial charge in [-0.3, -0.25) is 0 Å². The Labute approximate surface area is 124 Å². The fourth-order valence-corrected chi connectivity index (χ4v) is 2.32. The zero-order valence-corrected chi connectivity index (χ0v) is 13.0. The molecule has 0 aliphatic rings. The van der Waals surface area contributed by atoms with E-state index in [2.05, 4.69) is 23.4 Å². The average Bonchev–Trinajstić information content (AvgIpc) is 2.80. The number of nitrogens with zero attached hydrogens (tertiary/aromatic N) is 2. The molecule has 1 aromatic carbocycles. The van der Waals surface area contributed by atoms with Crippen LogP contribution in [0.1, 0.15) is 19.7 Å². The van der Waals surface area contributed by atoms with Gasteiger partial charge in [-0.1, -0.05) is 13.8 Å². The number of ether oxygens (including phenoxy) is 2. The molecular formula is C15H21ClN2O2. The van der Waals surface area contributed by atoms with Crippen molar-refractivity contribution < 1.29 is 9.47 Å². The van der Waals surface area contributed by atoms with E-state index in [9.17, 15) is 0 Å². The monoisotopic (exact) mass is 296 g/mol. The summed E-state index contributed by atoms with van der Waals surface area (Å²) in [7, 11) is 1.65. The summed E-state index contributed by atoms with van der Waals surface area (Å²) in [5.74, 6) is 2.61. The Bertz CT molecular complexity index is 566. The molecule has 20 heavy (non-hydrogen) atoms. The maximum atomic E-state index is 5.99. The minimum atomic E-state index is 0.390. The lowest BCUT2D eigenvalue weighted by Gasteiger charge is -2.10. The quantitative estimate of drug-likeness (QED) is 0.580. The van der Waals surface area contributed by atoms with Crippen molar-refractivity contribution in [3.63, 3.8) is 0 Å². The second-order valence-electron chi connectivity index (χ2n) is 5.14. The molecule has 5 heteroatoms. The van der Waals surface area contributed by atoms with E-state index in [-0.39, 0.29) is 0 Å². The standard InChI is InChI=1S/C15H21ClN2O2/c1-11(2)10-20-7-6-18-14-5-4-12(19-3)8-13(14)17-15(18)9-16/h4-5,8,11H,6-7,9-10H2,1-3H3. The van der Waals surface area contributed by atoms with Crippen molar-refractivity contribution in [1.82, 2.24) is 9.55 Å². The third-order valence-electron chi connectivity index (χ3n) is 3.06. The lowest BCUT2D eigenvalue weighted by molar-refractivity contribution is 0.103. The molecule has 0 bridgehead atoms. The Hall–Kier alpha value is -1.26. The number of imidazole rings is 1. The van der Waals surface area contributed by atoms with Gasteiger partial charge in [0, 0.05) is 19.2 Å². The lowest BCUT2D eigenvalue weighted by Crippen LogP contribution is -2.11. The van der Waals surface area contributed by atoms with Crippen molar-refractivity contribution >= 4 is 22.6 Å². The summed E-state index contributed by atoms with van der Waals surface area (Å²) in [4.78, 5) is 4.55. The molecular weight excluding hydrogens is 276 g/mol. The summed E-state index contributed by atoms with van der Waals surface area (Å²) >= 11 is 5.99. The van der Waals surface area contributed by atoms with Crippen LogP contribution in [-0.2, 0) is 17.2 Å². The number of halogens is 1. The molecule has 110 valence electrons. The van der Waals surface area contributed by atoms with Gasteiger partial charge in [0.05, 0.1) is 30.6 Å². The van der Waals surface area contributed by atoms with Crippen molar-refractivity contribution in [2.75, 3.05) is 20.3 Å². The van der Waals surface area contributed by atoms with Crippen molar-refractivity contribution in [2.24, 2.45) is 5.92 Å². The van der Waals surface area contributed by atoms with Crippen LogP contribution in [0.3, 0.4) is 0 Å². The molecule has 0 atom stereocenters. The van der Waals surface area contributed by atoms with E-state index in [0.717, 1.165) is 35.8 Å². The van der Waals surface area contributed by atoms with Gasteiger partial charge in [0.25, 0.3) is 0 Å². The molecule has 0 saturated heterocycles. The van der Waals surface area contributed by atoms with Gasteiger partial charge in [0.15, 0.2) is 0 Å². The number of benzene rings is 1. The van der Waals surface area contributed by atoms with Crippen LogP contribution in [0.2, 0.25) is 0 Å². The van der Waals surface area contributed by atoms with E-state index in [1.807, 2.05) is 18.2 Å². The number of hydrogen-bond acceptors (Lipinski definition) is 3. The molecule has 0 unspecified atom stereocenters. The molecule has 0 radical (unpaired) electrons. The van der Waals surface area contributed by atoms with Gasteiger partial charge in [-0.25, -0.2) is 4.98 Å². The van der Waals surface area contributed by atoms with Crippen LogP contribution in [0.4, 0.5) is 0 Å². The first kappa shape index (κ1) is 15.1. The normalized spacial score (nSPS) is 11.4. The highest BCUT2D eigenvalue weighted by molar-refractivity contribution is 6.16. The average molecular weight is 297 g/mol. The molecule has 2 aromatic rings. The molecule has 4 nitrogen and oxygen atoms in total. The minimum absolute atomic E-state index is 0.390. The van der Waals surface area contributed by atoms with Gasteiger partial charge in [0.2, 0.25) is 0 Å². The van der Waals surface area contributed by atoms with E-state index < -0.39 is 0 Å². The van der Waals surface area contributed by atoms with Gasteiger partial charge >= 0.3 is 0 Å². The first-order chi connectivity index (χ1) is 9.65. The minimum Gasteiger partial charge on any atom is -0.497 e. The summed E-state index contributed by atoms with van der Waals surface area (Å²) in [6.45, 7) is 6.49. The van der Waals surface area contributed by atoms with Crippen molar-refractivity contribution in [2.45, 2.75) is 26.3 Å². The smallest absolute Gasteiger partial charge is 0.124 e. The number of fused-ring (bicyclic) bond motifs is 1. The van der Waals surface area contributed by atoms with Crippen LogP contribution in [0, 0.1) is 5.92 Å². The molecule has 0 N–H and O–H groups in total. The lowest BCUT2D eigenvalue weighted by atomic mass is 10.2. The summed E-state index contributed by atoms with van der Waals surface area (Å²) in [5.41, 5.74) is 1.97. The zero-order valence-electron chi connectivity index (χ0n) is 12.2. The predicted octanol–water partition coefficient (Wildman–Crippen LogP) is 3.46.